The number of hydrogen-bond donors (Lipinski definition) is 2. The summed E-state index contributed by atoms with van der Waals surface area (Å²) >= 11 is 0. The number of ether oxygens (including phenoxy) is 1. The predicted octanol–water partition coefficient (Wildman–Crippen LogP) is 0.0553. The lowest BCUT2D eigenvalue weighted by Crippen LogP contribution is -2.28. The van der Waals surface area contributed by atoms with Gasteiger partial charge in [-0.15, -0.1) is 0 Å². The van der Waals surface area contributed by atoms with Crippen LogP contribution in [0.5, 0.6) is 5.88 Å². The SMILES string of the molecule is Cc1cc(O)n(CCOC(C)N)c(=O)c1C#N. The summed E-state index contributed by atoms with van der Waals surface area (Å²) in [4.78, 5) is 11.8. The van der Waals surface area contributed by atoms with Gasteiger partial charge in [0.1, 0.15) is 17.9 Å². The Morgan fingerprint density at radius 1 is 1.71 bits per heavy atom. The van der Waals surface area contributed by atoms with E-state index in [9.17, 15) is 9.90 Å². The molecule has 0 aliphatic heterocycles. The number of nitriles is 1. The summed E-state index contributed by atoms with van der Waals surface area (Å²) in [7, 11) is 0. The van der Waals surface area contributed by atoms with Gasteiger partial charge >= 0.3 is 0 Å². The van der Waals surface area contributed by atoms with Crippen LogP contribution in [-0.2, 0) is 11.3 Å². The van der Waals surface area contributed by atoms with Crippen LogP contribution in [0.25, 0.3) is 0 Å². The molecule has 0 fully saturated rings. The highest BCUT2D eigenvalue weighted by Gasteiger charge is 2.11. The second-order valence-corrected chi connectivity index (χ2v) is 3.71. The van der Waals surface area contributed by atoms with E-state index < -0.39 is 11.8 Å². The maximum Gasteiger partial charge on any atom is 0.271 e. The van der Waals surface area contributed by atoms with E-state index in [1.807, 2.05) is 6.07 Å². The lowest BCUT2D eigenvalue weighted by atomic mass is 10.2. The zero-order chi connectivity index (χ0) is 13.0. The van der Waals surface area contributed by atoms with Crippen molar-refractivity contribution in [3.8, 4) is 11.9 Å². The average molecular weight is 237 g/mol. The van der Waals surface area contributed by atoms with Crippen LogP contribution in [0.3, 0.4) is 0 Å². The second kappa shape index (κ2) is 5.48. The molecule has 1 aromatic heterocycles. The Labute approximate surface area is 98.9 Å². The highest BCUT2D eigenvalue weighted by Crippen LogP contribution is 2.11. The van der Waals surface area contributed by atoms with E-state index in [1.54, 1.807) is 13.8 Å². The molecule has 0 aliphatic rings. The van der Waals surface area contributed by atoms with Crippen molar-refractivity contribution in [3.05, 3.63) is 27.5 Å². The van der Waals surface area contributed by atoms with Gasteiger partial charge in [0.15, 0.2) is 5.88 Å². The number of nitrogens with two attached hydrogens (primary N) is 1. The van der Waals surface area contributed by atoms with E-state index in [0.29, 0.717) is 5.56 Å². The minimum atomic E-state index is -0.515. The summed E-state index contributed by atoms with van der Waals surface area (Å²) in [5.41, 5.74) is 5.36. The van der Waals surface area contributed by atoms with E-state index in [2.05, 4.69) is 0 Å². The van der Waals surface area contributed by atoms with E-state index >= 15 is 0 Å². The van der Waals surface area contributed by atoms with Crippen LogP contribution in [0.2, 0.25) is 0 Å². The molecule has 0 radical (unpaired) electrons. The molecular formula is C11H15N3O3. The van der Waals surface area contributed by atoms with Crippen molar-refractivity contribution in [1.82, 2.24) is 4.57 Å². The van der Waals surface area contributed by atoms with Crippen LogP contribution in [-0.4, -0.2) is 22.5 Å². The summed E-state index contributed by atoms with van der Waals surface area (Å²) in [5, 5.41) is 18.5. The maximum absolute atomic E-state index is 11.8. The summed E-state index contributed by atoms with van der Waals surface area (Å²) in [6.45, 7) is 3.61. The van der Waals surface area contributed by atoms with E-state index in [1.165, 1.54) is 6.07 Å². The Morgan fingerprint density at radius 3 is 2.88 bits per heavy atom. The third kappa shape index (κ3) is 3.06. The minimum absolute atomic E-state index is 0.0311. The second-order valence-electron chi connectivity index (χ2n) is 3.71. The molecule has 17 heavy (non-hydrogen) atoms. The number of nitrogens with zero attached hydrogens (tertiary/aromatic N) is 2. The van der Waals surface area contributed by atoms with Crippen molar-refractivity contribution in [1.29, 1.82) is 5.26 Å². The van der Waals surface area contributed by atoms with Crippen molar-refractivity contribution in [2.45, 2.75) is 26.6 Å². The van der Waals surface area contributed by atoms with Gasteiger partial charge in [0, 0.05) is 6.07 Å². The summed E-state index contributed by atoms with van der Waals surface area (Å²) in [6, 6.07) is 3.20. The largest absolute Gasteiger partial charge is 0.494 e. The number of aromatic hydroxyl groups is 1. The molecule has 1 unspecified atom stereocenters. The molecule has 0 saturated carbocycles. The van der Waals surface area contributed by atoms with Crippen LogP contribution in [0, 0.1) is 18.3 Å². The first-order valence-corrected chi connectivity index (χ1v) is 5.18. The summed E-state index contributed by atoms with van der Waals surface area (Å²) in [5.74, 6) is -0.181. The minimum Gasteiger partial charge on any atom is -0.494 e. The third-order valence-electron chi connectivity index (χ3n) is 2.28. The Hall–Kier alpha value is -1.84. The smallest absolute Gasteiger partial charge is 0.271 e. The van der Waals surface area contributed by atoms with Gasteiger partial charge in [0.05, 0.1) is 13.2 Å². The van der Waals surface area contributed by atoms with Gasteiger partial charge in [-0.25, -0.2) is 0 Å². The Kier molecular flexibility index (Phi) is 4.26. The molecule has 0 spiro atoms. The van der Waals surface area contributed by atoms with Crippen LogP contribution in [0.15, 0.2) is 10.9 Å². The highest BCUT2D eigenvalue weighted by molar-refractivity contribution is 5.37. The van der Waals surface area contributed by atoms with Gasteiger partial charge < -0.3 is 15.6 Å². The zero-order valence-corrected chi connectivity index (χ0v) is 9.80. The first kappa shape index (κ1) is 13.2. The molecule has 0 aliphatic carbocycles. The number of hydrogen-bond acceptors (Lipinski definition) is 5. The number of rotatable bonds is 4. The van der Waals surface area contributed by atoms with Gasteiger partial charge in [0.2, 0.25) is 0 Å². The Balaban J connectivity index is 3.01. The van der Waals surface area contributed by atoms with Crippen LogP contribution in [0.1, 0.15) is 18.1 Å². The van der Waals surface area contributed by atoms with Crippen molar-refractivity contribution in [2.75, 3.05) is 6.61 Å². The van der Waals surface area contributed by atoms with Gasteiger partial charge in [-0.1, -0.05) is 0 Å². The third-order valence-corrected chi connectivity index (χ3v) is 2.28. The first-order chi connectivity index (χ1) is 7.97. The molecule has 1 aromatic rings. The molecule has 0 aromatic carbocycles. The van der Waals surface area contributed by atoms with Crippen LogP contribution >= 0.6 is 0 Å². The molecule has 1 rings (SSSR count). The molecule has 0 amide bonds. The van der Waals surface area contributed by atoms with Crippen molar-refractivity contribution in [3.63, 3.8) is 0 Å². The number of aryl methyl sites for hydroxylation is 1. The first-order valence-electron chi connectivity index (χ1n) is 5.18. The average Bonchev–Trinajstić information content (AvgIpc) is 2.22. The fourth-order valence-corrected chi connectivity index (χ4v) is 1.43. The van der Waals surface area contributed by atoms with Crippen LogP contribution in [0.4, 0.5) is 0 Å². The van der Waals surface area contributed by atoms with Gasteiger partial charge in [-0.3, -0.25) is 9.36 Å². The molecule has 0 bridgehead atoms. The lowest BCUT2D eigenvalue weighted by Gasteiger charge is -2.12. The fraction of sp³-hybridized carbons (Fsp3) is 0.455. The molecule has 3 N–H and O–H groups in total. The fourth-order valence-electron chi connectivity index (χ4n) is 1.43. The van der Waals surface area contributed by atoms with Gasteiger partial charge in [0.25, 0.3) is 5.56 Å². The molecule has 1 heterocycles. The molecule has 6 heteroatoms. The normalized spacial score (nSPS) is 12.1. The van der Waals surface area contributed by atoms with E-state index in [-0.39, 0.29) is 24.6 Å². The lowest BCUT2D eigenvalue weighted by molar-refractivity contribution is 0.0632. The van der Waals surface area contributed by atoms with Crippen molar-refractivity contribution >= 4 is 0 Å². The van der Waals surface area contributed by atoms with Crippen molar-refractivity contribution in [2.24, 2.45) is 5.73 Å². The molecule has 92 valence electrons. The van der Waals surface area contributed by atoms with Crippen molar-refractivity contribution < 1.29 is 9.84 Å². The molecular weight excluding hydrogens is 222 g/mol. The molecule has 6 nitrogen and oxygen atoms in total. The molecule has 1 atom stereocenters. The quantitative estimate of drug-likeness (QED) is 0.721. The summed E-state index contributed by atoms with van der Waals surface area (Å²) in [6.07, 6.45) is -0.436. The Bertz CT molecular complexity index is 500. The van der Waals surface area contributed by atoms with E-state index in [4.69, 9.17) is 15.7 Å². The Morgan fingerprint density at radius 2 is 2.35 bits per heavy atom. The summed E-state index contributed by atoms with van der Waals surface area (Å²) < 4.78 is 6.17. The standard InChI is InChI=1S/C11H15N3O3/c1-7-5-10(15)14(3-4-17-8(2)13)11(16)9(7)6-12/h5,8,15H,3-4,13H2,1-2H3. The number of aromatic nitrogens is 1. The number of pyridine rings is 1. The van der Waals surface area contributed by atoms with Gasteiger partial charge in [-0.05, 0) is 19.4 Å². The highest BCUT2D eigenvalue weighted by atomic mass is 16.5. The maximum atomic E-state index is 11.8. The van der Waals surface area contributed by atoms with Gasteiger partial charge in [-0.2, -0.15) is 5.26 Å². The topological polar surface area (TPSA) is 101 Å². The predicted molar refractivity (Wildman–Crippen MR) is 61.4 cm³/mol. The monoisotopic (exact) mass is 237 g/mol. The van der Waals surface area contributed by atoms with Crippen LogP contribution < -0.4 is 11.3 Å². The molecule has 0 saturated heterocycles. The zero-order valence-electron chi connectivity index (χ0n) is 9.80. The van der Waals surface area contributed by atoms with E-state index in [0.717, 1.165) is 4.57 Å².